The van der Waals surface area contributed by atoms with Crippen LogP contribution in [0.2, 0.25) is 0 Å². The number of aryl methyl sites for hydroxylation is 2. The van der Waals surface area contributed by atoms with Gasteiger partial charge in [0.2, 0.25) is 0 Å². The van der Waals surface area contributed by atoms with Crippen molar-refractivity contribution in [1.82, 2.24) is 15.3 Å². The number of hydrogen-bond acceptors (Lipinski definition) is 5. The van der Waals surface area contributed by atoms with Crippen molar-refractivity contribution in [3.8, 4) is 0 Å². The van der Waals surface area contributed by atoms with Crippen LogP contribution < -0.4 is 10.6 Å². The van der Waals surface area contributed by atoms with Gasteiger partial charge in [0.05, 0.1) is 5.39 Å². The molecule has 0 radical (unpaired) electrons. The van der Waals surface area contributed by atoms with Gasteiger partial charge in [-0.3, -0.25) is 4.79 Å². The Balaban J connectivity index is 1.64. The highest BCUT2D eigenvalue weighted by molar-refractivity contribution is 7.18. The third-order valence-electron chi connectivity index (χ3n) is 4.59. The molecule has 1 amide bonds. The van der Waals surface area contributed by atoms with Crippen molar-refractivity contribution in [3.05, 3.63) is 52.2 Å². The molecule has 28 heavy (non-hydrogen) atoms. The fraction of sp³-hybridized carbons (Fsp3) is 0.409. The first-order valence-corrected chi connectivity index (χ1v) is 10.7. The summed E-state index contributed by atoms with van der Waals surface area (Å²) in [6, 6.07) is 9.90. The maximum atomic E-state index is 12.2. The molecule has 2 aromatic heterocycles. The first kappa shape index (κ1) is 20.3. The molecule has 1 aromatic carbocycles. The average molecular weight is 397 g/mol. The van der Waals surface area contributed by atoms with Crippen molar-refractivity contribution in [3.63, 3.8) is 0 Å². The third kappa shape index (κ3) is 5.07. The summed E-state index contributed by atoms with van der Waals surface area (Å²) in [5.74, 6) is 2.21. The van der Waals surface area contributed by atoms with Crippen LogP contribution in [0.1, 0.15) is 53.8 Å². The van der Waals surface area contributed by atoms with E-state index in [4.69, 9.17) is 0 Å². The summed E-state index contributed by atoms with van der Waals surface area (Å²) in [6.07, 6.45) is 1.99. The molecular formula is C22H28N4OS. The number of carbonyl (C=O) groups excluding carboxylic acids is 1. The van der Waals surface area contributed by atoms with Gasteiger partial charge in [-0.2, -0.15) is 0 Å². The largest absolute Gasteiger partial charge is 0.365 e. The van der Waals surface area contributed by atoms with Crippen LogP contribution in [0.25, 0.3) is 10.2 Å². The molecule has 0 fully saturated rings. The van der Waals surface area contributed by atoms with Gasteiger partial charge in [0.1, 0.15) is 16.5 Å². The van der Waals surface area contributed by atoms with Gasteiger partial charge in [0, 0.05) is 23.5 Å². The van der Waals surface area contributed by atoms with Crippen molar-refractivity contribution in [2.24, 2.45) is 5.92 Å². The van der Waals surface area contributed by atoms with Crippen LogP contribution >= 0.6 is 11.3 Å². The summed E-state index contributed by atoms with van der Waals surface area (Å²) in [4.78, 5) is 23.7. The van der Waals surface area contributed by atoms with E-state index >= 15 is 0 Å². The van der Waals surface area contributed by atoms with Crippen LogP contribution in [-0.2, 0) is 13.0 Å². The molecule has 0 aliphatic rings. The van der Waals surface area contributed by atoms with Crippen LogP contribution in [0, 0.1) is 12.8 Å². The van der Waals surface area contributed by atoms with E-state index in [2.05, 4.69) is 47.4 Å². The van der Waals surface area contributed by atoms with Gasteiger partial charge in [-0.15, -0.1) is 11.3 Å². The number of amides is 1. The zero-order valence-corrected chi connectivity index (χ0v) is 17.8. The molecule has 0 aliphatic carbocycles. The van der Waals surface area contributed by atoms with Crippen LogP contribution in [0.4, 0.5) is 5.82 Å². The number of benzene rings is 1. The van der Waals surface area contributed by atoms with Crippen molar-refractivity contribution >= 4 is 33.3 Å². The van der Waals surface area contributed by atoms with E-state index in [0.29, 0.717) is 24.6 Å². The molecule has 0 bridgehead atoms. The second-order valence-corrected chi connectivity index (χ2v) is 8.51. The molecule has 2 heterocycles. The van der Waals surface area contributed by atoms with E-state index < -0.39 is 0 Å². The molecule has 0 spiro atoms. The lowest BCUT2D eigenvalue weighted by Crippen LogP contribution is -2.25. The summed E-state index contributed by atoms with van der Waals surface area (Å²) in [6.45, 7) is 9.74. The molecule has 6 heteroatoms. The SMILES string of the molecule is CCc1cc2c(NCc3ccc(C(=O)NCCC(C)C)cc3)nc(C)nc2s1. The highest BCUT2D eigenvalue weighted by atomic mass is 32.1. The van der Waals surface area contributed by atoms with Gasteiger partial charge in [-0.1, -0.05) is 32.9 Å². The molecule has 0 saturated carbocycles. The van der Waals surface area contributed by atoms with E-state index in [1.165, 1.54) is 4.88 Å². The molecule has 3 aromatic rings. The molecule has 0 unspecified atom stereocenters. The zero-order chi connectivity index (χ0) is 20.1. The number of aromatic nitrogens is 2. The molecule has 2 N–H and O–H groups in total. The molecule has 0 aliphatic heterocycles. The predicted octanol–water partition coefficient (Wildman–Crippen LogP) is 4.95. The molecule has 5 nitrogen and oxygen atoms in total. The Kier molecular flexibility index (Phi) is 6.62. The lowest BCUT2D eigenvalue weighted by molar-refractivity contribution is 0.0952. The quantitative estimate of drug-likeness (QED) is 0.565. The molecule has 0 saturated heterocycles. The molecule has 148 valence electrons. The summed E-state index contributed by atoms with van der Waals surface area (Å²) < 4.78 is 0. The minimum absolute atomic E-state index is 0.0151. The van der Waals surface area contributed by atoms with Crippen molar-refractivity contribution in [2.45, 2.75) is 47.1 Å². The summed E-state index contributed by atoms with van der Waals surface area (Å²) in [5, 5.41) is 7.48. The van der Waals surface area contributed by atoms with Crippen LogP contribution in [0.15, 0.2) is 30.3 Å². The average Bonchev–Trinajstić information content (AvgIpc) is 3.09. The second-order valence-electron chi connectivity index (χ2n) is 7.39. The van der Waals surface area contributed by atoms with Crippen molar-refractivity contribution in [1.29, 1.82) is 0 Å². The van der Waals surface area contributed by atoms with Gasteiger partial charge >= 0.3 is 0 Å². The third-order valence-corrected chi connectivity index (χ3v) is 5.76. The maximum absolute atomic E-state index is 12.2. The number of thiophene rings is 1. The van der Waals surface area contributed by atoms with E-state index in [1.807, 2.05) is 31.2 Å². The smallest absolute Gasteiger partial charge is 0.251 e. The molecule has 0 atom stereocenters. The monoisotopic (exact) mass is 396 g/mol. The number of fused-ring (bicyclic) bond motifs is 1. The van der Waals surface area contributed by atoms with Gasteiger partial charge in [0.15, 0.2) is 0 Å². The first-order chi connectivity index (χ1) is 13.5. The lowest BCUT2D eigenvalue weighted by atomic mass is 10.1. The van der Waals surface area contributed by atoms with Gasteiger partial charge in [-0.25, -0.2) is 9.97 Å². The Labute approximate surface area is 170 Å². The Morgan fingerprint density at radius 3 is 2.61 bits per heavy atom. The fourth-order valence-corrected chi connectivity index (χ4v) is 3.94. The Bertz CT molecular complexity index is 947. The van der Waals surface area contributed by atoms with Crippen LogP contribution in [0.5, 0.6) is 0 Å². The lowest BCUT2D eigenvalue weighted by Gasteiger charge is -2.09. The van der Waals surface area contributed by atoms with Crippen molar-refractivity contribution in [2.75, 3.05) is 11.9 Å². The minimum atomic E-state index is -0.0151. The number of carbonyl (C=O) groups is 1. The van der Waals surface area contributed by atoms with Crippen LogP contribution in [0.3, 0.4) is 0 Å². The van der Waals surface area contributed by atoms with E-state index in [-0.39, 0.29) is 5.91 Å². The predicted molar refractivity (Wildman–Crippen MR) is 117 cm³/mol. The standard InChI is InChI=1S/C22H28N4OS/c1-5-18-12-19-20(25-15(4)26-22(19)28-18)24-13-16-6-8-17(9-7-16)21(27)23-11-10-14(2)3/h6-9,12,14H,5,10-11,13H2,1-4H3,(H,23,27)(H,24,25,26). The Morgan fingerprint density at radius 2 is 1.93 bits per heavy atom. The highest BCUT2D eigenvalue weighted by Crippen LogP contribution is 2.29. The van der Waals surface area contributed by atoms with E-state index in [0.717, 1.165) is 40.3 Å². The Hall–Kier alpha value is -2.47. The molecule has 3 rings (SSSR count). The first-order valence-electron chi connectivity index (χ1n) is 9.84. The zero-order valence-electron chi connectivity index (χ0n) is 17.0. The van der Waals surface area contributed by atoms with E-state index in [1.54, 1.807) is 11.3 Å². The van der Waals surface area contributed by atoms with Crippen LogP contribution in [-0.4, -0.2) is 22.4 Å². The van der Waals surface area contributed by atoms with Gasteiger partial charge < -0.3 is 10.6 Å². The molecular weight excluding hydrogens is 368 g/mol. The summed E-state index contributed by atoms with van der Waals surface area (Å²) >= 11 is 1.72. The summed E-state index contributed by atoms with van der Waals surface area (Å²) in [7, 11) is 0. The number of anilines is 1. The number of nitrogens with zero attached hydrogens (tertiary/aromatic N) is 2. The van der Waals surface area contributed by atoms with Crippen molar-refractivity contribution < 1.29 is 4.79 Å². The van der Waals surface area contributed by atoms with Gasteiger partial charge in [0.25, 0.3) is 5.91 Å². The minimum Gasteiger partial charge on any atom is -0.365 e. The number of hydrogen-bond donors (Lipinski definition) is 2. The van der Waals surface area contributed by atoms with E-state index in [9.17, 15) is 4.79 Å². The number of nitrogens with one attached hydrogen (secondary N) is 2. The topological polar surface area (TPSA) is 66.9 Å². The van der Waals surface area contributed by atoms with Gasteiger partial charge in [-0.05, 0) is 49.4 Å². The number of rotatable bonds is 8. The maximum Gasteiger partial charge on any atom is 0.251 e. The fourth-order valence-electron chi connectivity index (χ4n) is 2.92. The Morgan fingerprint density at radius 1 is 1.18 bits per heavy atom. The normalized spacial score (nSPS) is 11.2. The summed E-state index contributed by atoms with van der Waals surface area (Å²) in [5.41, 5.74) is 1.80. The highest BCUT2D eigenvalue weighted by Gasteiger charge is 2.10. The second kappa shape index (κ2) is 9.15.